The smallest absolute Gasteiger partial charge is 0.251 e. The van der Waals surface area contributed by atoms with Gasteiger partial charge in [0.15, 0.2) is 0 Å². The first-order chi connectivity index (χ1) is 13.1. The second kappa shape index (κ2) is 8.56. The molecule has 1 heterocycles. The lowest BCUT2D eigenvalue weighted by Crippen LogP contribution is -2.23. The fourth-order valence-electron chi connectivity index (χ4n) is 2.63. The minimum absolute atomic E-state index is 0.186. The summed E-state index contributed by atoms with van der Waals surface area (Å²) in [6.45, 7) is 2.35. The molecule has 0 fully saturated rings. The van der Waals surface area contributed by atoms with Crippen molar-refractivity contribution in [2.75, 3.05) is 12.4 Å². The summed E-state index contributed by atoms with van der Waals surface area (Å²) in [4.78, 5) is 16.8. The predicted molar refractivity (Wildman–Crippen MR) is 108 cm³/mol. The van der Waals surface area contributed by atoms with Gasteiger partial charge in [0.2, 0.25) is 0 Å². The Morgan fingerprint density at radius 2 is 1.96 bits per heavy atom. The molecular weight excluding hydrogens is 362 g/mol. The number of benzene rings is 2. The van der Waals surface area contributed by atoms with Gasteiger partial charge in [-0.2, -0.15) is 0 Å². The zero-order valence-corrected chi connectivity index (χ0v) is 15.9. The minimum atomic E-state index is -0.186. The van der Waals surface area contributed by atoms with Gasteiger partial charge in [-0.1, -0.05) is 35.9 Å². The van der Waals surface area contributed by atoms with Crippen LogP contribution in [-0.4, -0.2) is 18.0 Å². The van der Waals surface area contributed by atoms with Crippen LogP contribution >= 0.6 is 11.6 Å². The Hall–Kier alpha value is -3.05. The molecule has 0 aliphatic carbocycles. The van der Waals surface area contributed by atoms with E-state index in [1.54, 1.807) is 25.4 Å². The van der Waals surface area contributed by atoms with E-state index in [1.807, 2.05) is 49.4 Å². The van der Waals surface area contributed by atoms with Crippen LogP contribution in [0.5, 0.6) is 5.75 Å². The molecule has 1 aromatic heterocycles. The van der Waals surface area contributed by atoms with Crippen LogP contribution in [-0.2, 0) is 6.54 Å². The average Bonchev–Trinajstić information content (AvgIpc) is 2.69. The van der Waals surface area contributed by atoms with Crippen LogP contribution in [0, 0.1) is 6.92 Å². The van der Waals surface area contributed by atoms with Crippen molar-refractivity contribution in [2.24, 2.45) is 0 Å². The molecule has 2 N–H and O–H groups in total. The first-order valence-electron chi connectivity index (χ1n) is 8.46. The molecule has 0 saturated carbocycles. The van der Waals surface area contributed by atoms with Gasteiger partial charge in [0.05, 0.1) is 7.11 Å². The van der Waals surface area contributed by atoms with E-state index in [4.69, 9.17) is 16.3 Å². The Kier molecular flexibility index (Phi) is 5.94. The molecule has 0 radical (unpaired) electrons. The third kappa shape index (κ3) is 4.77. The second-order valence-electron chi connectivity index (χ2n) is 6.01. The Morgan fingerprint density at radius 3 is 2.78 bits per heavy atom. The number of methoxy groups -OCH3 is 1. The summed E-state index contributed by atoms with van der Waals surface area (Å²) in [5, 5.41) is 6.74. The van der Waals surface area contributed by atoms with E-state index >= 15 is 0 Å². The molecule has 0 atom stereocenters. The lowest BCUT2D eigenvalue weighted by Gasteiger charge is -2.11. The molecule has 0 unspecified atom stereocenters. The van der Waals surface area contributed by atoms with E-state index in [1.165, 1.54) is 0 Å². The molecule has 0 bridgehead atoms. The number of aromatic nitrogens is 1. The van der Waals surface area contributed by atoms with Gasteiger partial charge in [0.25, 0.3) is 5.91 Å². The highest BCUT2D eigenvalue weighted by atomic mass is 35.5. The van der Waals surface area contributed by atoms with E-state index in [9.17, 15) is 4.79 Å². The number of carbonyl (C=O) groups excluding carboxylic acids is 1. The number of nitrogens with one attached hydrogen (secondary N) is 2. The highest BCUT2D eigenvalue weighted by molar-refractivity contribution is 6.30. The molecule has 138 valence electrons. The Balaban J connectivity index is 1.71. The first-order valence-corrected chi connectivity index (χ1v) is 8.84. The molecule has 0 saturated heterocycles. The average molecular weight is 382 g/mol. The van der Waals surface area contributed by atoms with Crippen LogP contribution < -0.4 is 15.4 Å². The first kappa shape index (κ1) is 18.7. The molecule has 0 spiro atoms. The standard InChI is InChI=1S/C21H20ClN3O2/c1-14-7-8-17(22)12-18(14)25-20-11-15(9-10-23-20)21(26)24-13-16-5-3-4-6-19(16)27-2/h3-12H,13H2,1-2H3,(H,23,25)(H,24,26). The SMILES string of the molecule is COc1ccccc1CNC(=O)c1ccnc(Nc2cc(Cl)ccc2C)c1. The molecule has 3 rings (SSSR count). The number of rotatable bonds is 6. The molecule has 2 aromatic carbocycles. The number of aryl methyl sites for hydroxylation is 1. The zero-order chi connectivity index (χ0) is 19.2. The normalized spacial score (nSPS) is 10.3. The Labute approximate surface area is 163 Å². The Bertz CT molecular complexity index is 960. The number of ether oxygens (including phenoxy) is 1. The molecule has 5 nitrogen and oxygen atoms in total. The van der Waals surface area contributed by atoms with Crippen molar-refractivity contribution in [1.29, 1.82) is 0 Å². The van der Waals surface area contributed by atoms with Gasteiger partial charge in [-0.05, 0) is 42.8 Å². The Morgan fingerprint density at radius 1 is 1.15 bits per heavy atom. The highest BCUT2D eigenvalue weighted by Gasteiger charge is 2.09. The zero-order valence-electron chi connectivity index (χ0n) is 15.1. The van der Waals surface area contributed by atoms with Crippen molar-refractivity contribution in [1.82, 2.24) is 10.3 Å². The summed E-state index contributed by atoms with van der Waals surface area (Å²) in [5.74, 6) is 1.13. The summed E-state index contributed by atoms with van der Waals surface area (Å²) in [6.07, 6.45) is 1.60. The van der Waals surface area contributed by atoms with Crippen molar-refractivity contribution in [3.05, 3.63) is 82.5 Å². The van der Waals surface area contributed by atoms with Gasteiger partial charge in [0, 0.05) is 34.6 Å². The maximum Gasteiger partial charge on any atom is 0.251 e. The molecule has 0 aliphatic rings. The fourth-order valence-corrected chi connectivity index (χ4v) is 2.81. The van der Waals surface area contributed by atoms with Gasteiger partial charge >= 0.3 is 0 Å². The number of halogens is 1. The number of amides is 1. The van der Waals surface area contributed by atoms with Gasteiger partial charge in [-0.15, -0.1) is 0 Å². The minimum Gasteiger partial charge on any atom is -0.496 e. The summed E-state index contributed by atoms with van der Waals surface area (Å²) in [6, 6.07) is 16.5. The van der Waals surface area contributed by atoms with Crippen molar-refractivity contribution in [2.45, 2.75) is 13.5 Å². The maximum absolute atomic E-state index is 12.5. The van der Waals surface area contributed by atoms with Crippen LogP contribution in [0.1, 0.15) is 21.5 Å². The molecule has 0 aliphatic heterocycles. The van der Waals surface area contributed by atoms with E-state index in [0.29, 0.717) is 22.9 Å². The number of hydrogen-bond donors (Lipinski definition) is 2. The summed E-state index contributed by atoms with van der Waals surface area (Å²) < 4.78 is 5.31. The molecule has 6 heteroatoms. The highest BCUT2D eigenvalue weighted by Crippen LogP contribution is 2.23. The second-order valence-corrected chi connectivity index (χ2v) is 6.44. The monoisotopic (exact) mass is 381 g/mol. The number of carbonyl (C=O) groups is 1. The van der Waals surface area contributed by atoms with Crippen LogP contribution in [0.2, 0.25) is 5.02 Å². The topological polar surface area (TPSA) is 63.2 Å². The van der Waals surface area contributed by atoms with Crippen molar-refractivity contribution in [3.8, 4) is 5.75 Å². The number of anilines is 2. The van der Waals surface area contributed by atoms with Gasteiger partial charge < -0.3 is 15.4 Å². The van der Waals surface area contributed by atoms with Crippen LogP contribution in [0.4, 0.5) is 11.5 Å². The number of pyridine rings is 1. The third-order valence-electron chi connectivity index (χ3n) is 4.12. The van der Waals surface area contributed by atoms with Gasteiger partial charge in [0.1, 0.15) is 11.6 Å². The predicted octanol–water partition coefficient (Wildman–Crippen LogP) is 4.73. The molecule has 3 aromatic rings. The van der Waals surface area contributed by atoms with E-state index in [2.05, 4.69) is 15.6 Å². The van der Waals surface area contributed by atoms with Crippen LogP contribution in [0.15, 0.2) is 60.8 Å². The van der Waals surface area contributed by atoms with Crippen molar-refractivity contribution >= 4 is 29.0 Å². The van der Waals surface area contributed by atoms with E-state index in [0.717, 1.165) is 22.6 Å². The molecular formula is C21H20ClN3O2. The lowest BCUT2D eigenvalue weighted by molar-refractivity contribution is 0.0950. The van der Waals surface area contributed by atoms with Gasteiger partial charge in [-0.3, -0.25) is 4.79 Å². The number of nitrogens with zero attached hydrogens (tertiary/aromatic N) is 1. The number of hydrogen-bond acceptors (Lipinski definition) is 4. The molecule has 1 amide bonds. The van der Waals surface area contributed by atoms with E-state index < -0.39 is 0 Å². The summed E-state index contributed by atoms with van der Waals surface area (Å²) in [7, 11) is 1.61. The number of para-hydroxylation sites is 1. The van der Waals surface area contributed by atoms with E-state index in [-0.39, 0.29) is 5.91 Å². The fraction of sp³-hybridized carbons (Fsp3) is 0.143. The van der Waals surface area contributed by atoms with Crippen molar-refractivity contribution < 1.29 is 9.53 Å². The summed E-state index contributed by atoms with van der Waals surface area (Å²) >= 11 is 6.05. The third-order valence-corrected chi connectivity index (χ3v) is 4.35. The quantitative estimate of drug-likeness (QED) is 0.648. The maximum atomic E-state index is 12.5. The largest absolute Gasteiger partial charge is 0.496 e. The molecule has 27 heavy (non-hydrogen) atoms. The lowest BCUT2D eigenvalue weighted by atomic mass is 10.2. The van der Waals surface area contributed by atoms with Gasteiger partial charge in [-0.25, -0.2) is 4.98 Å². The van der Waals surface area contributed by atoms with Crippen molar-refractivity contribution in [3.63, 3.8) is 0 Å². The van der Waals surface area contributed by atoms with Crippen LogP contribution in [0.25, 0.3) is 0 Å². The summed E-state index contributed by atoms with van der Waals surface area (Å²) in [5.41, 5.74) is 3.31. The van der Waals surface area contributed by atoms with Crippen LogP contribution in [0.3, 0.4) is 0 Å².